The number of carbonyl (C=O) groups excluding carboxylic acids is 1. The number of aryl methyl sites for hydroxylation is 4. The highest BCUT2D eigenvalue weighted by Gasteiger charge is 2.21. The number of thiophene rings is 1. The van der Waals surface area contributed by atoms with Crippen molar-refractivity contribution in [3.8, 4) is 21.7 Å². The van der Waals surface area contributed by atoms with Crippen LogP contribution < -0.4 is 5.32 Å². The van der Waals surface area contributed by atoms with Crippen LogP contribution in [0.2, 0.25) is 0 Å². The molecule has 166 valence electrons. The molecular formula is C25H23N5O2S. The number of pyridine rings is 2. The number of nitrogens with one attached hydrogen (secondary N) is 1. The van der Waals surface area contributed by atoms with E-state index in [4.69, 9.17) is 9.51 Å². The molecule has 0 aromatic carbocycles. The Bertz CT molecular complexity index is 1460. The van der Waals surface area contributed by atoms with Crippen molar-refractivity contribution in [3.63, 3.8) is 0 Å². The summed E-state index contributed by atoms with van der Waals surface area (Å²) in [5.74, 6) is 0.515. The number of carbonyl (C=O) groups is 1. The molecule has 0 bridgehead atoms. The second kappa shape index (κ2) is 8.29. The largest absolute Gasteiger partial charge is 0.361 e. The molecule has 0 fully saturated rings. The maximum absolute atomic E-state index is 13.2. The number of amides is 1. The zero-order chi connectivity index (χ0) is 23.1. The highest BCUT2D eigenvalue weighted by molar-refractivity contribution is 7.15. The van der Waals surface area contributed by atoms with Crippen LogP contribution >= 0.6 is 11.3 Å². The minimum atomic E-state index is -0.174. The molecule has 1 N–H and O–H groups in total. The van der Waals surface area contributed by atoms with E-state index >= 15 is 0 Å². The van der Waals surface area contributed by atoms with Gasteiger partial charge in [0.05, 0.1) is 33.6 Å². The molecule has 1 amide bonds. The summed E-state index contributed by atoms with van der Waals surface area (Å²) in [5.41, 5.74) is 6.54. The van der Waals surface area contributed by atoms with Gasteiger partial charge in [-0.3, -0.25) is 14.2 Å². The van der Waals surface area contributed by atoms with Crippen molar-refractivity contribution < 1.29 is 9.32 Å². The monoisotopic (exact) mass is 457 g/mol. The molecule has 7 nitrogen and oxygen atoms in total. The Labute approximate surface area is 195 Å². The molecule has 0 radical (unpaired) electrons. The molecule has 5 aromatic heterocycles. The van der Waals surface area contributed by atoms with Gasteiger partial charge in [-0.05, 0) is 57.5 Å². The van der Waals surface area contributed by atoms with Crippen molar-refractivity contribution in [2.75, 3.05) is 0 Å². The van der Waals surface area contributed by atoms with Crippen molar-refractivity contribution >= 4 is 22.9 Å². The molecule has 0 atom stereocenters. The number of nitrogens with zero attached hydrogens (tertiary/aromatic N) is 4. The maximum Gasteiger partial charge on any atom is 0.253 e. The Morgan fingerprint density at radius 3 is 2.61 bits per heavy atom. The van der Waals surface area contributed by atoms with Gasteiger partial charge in [-0.15, -0.1) is 11.3 Å². The second-order valence-electron chi connectivity index (χ2n) is 8.08. The summed E-state index contributed by atoms with van der Waals surface area (Å²) in [5, 5.41) is 7.12. The number of hydrogen-bond donors (Lipinski definition) is 1. The quantitative estimate of drug-likeness (QED) is 0.388. The zero-order valence-electron chi connectivity index (χ0n) is 18.8. The molecular weight excluding hydrogens is 434 g/mol. The van der Waals surface area contributed by atoms with Crippen LogP contribution in [0.15, 0.2) is 53.4 Å². The Kier molecular flexibility index (Phi) is 5.30. The van der Waals surface area contributed by atoms with Crippen molar-refractivity contribution in [1.82, 2.24) is 24.8 Å². The Morgan fingerprint density at radius 1 is 1.09 bits per heavy atom. The molecule has 5 heterocycles. The fraction of sp³-hybridized carbons (Fsp3) is 0.200. The highest BCUT2D eigenvalue weighted by atomic mass is 32.1. The molecule has 0 saturated carbocycles. The lowest BCUT2D eigenvalue weighted by Gasteiger charge is -2.11. The van der Waals surface area contributed by atoms with Gasteiger partial charge in [0.1, 0.15) is 11.4 Å². The SMILES string of the molecule is Cc1ccc(CNC(=O)c2cc(-c3c(C)noc3C)c3ncc(-c4ccc(C)s4)n3c2)cn1. The van der Waals surface area contributed by atoms with Gasteiger partial charge in [-0.2, -0.15) is 0 Å². The van der Waals surface area contributed by atoms with Gasteiger partial charge in [-0.25, -0.2) is 4.98 Å². The van der Waals surface area contributed by atoms with Gasteiger partial charge < -0.3 is 9.84 Å². The van der Waals surface area contributed by atoms with Crippen LogP contribution in [0.4, 0.5) is 0 Å². The van der Waals surface area contributed by atoms with Crippen LogP contribution in [0, 0.1) is 27.7 Å². The standard InChI is InChI=1S/C25H23N5O2S/c1-14-5-7-18(10-26-14)11-28-25(31)19-9-20(23-16(3)29-32-17(23)4)24-27-12-21(30(24)13-19)22-8-6-15(2)33-22/h5-10,12-13H,11H2,1-4H3,(H,28,31). The van der Waals surface area contributed by atoms with E-state index in [2.05, 4.69) is 34.5 Å². The molecule has 0 spiro atoms. The van der Waals surface area contributed by atoms with Crippen LogP contribution in [0.1, 0.15) is 37.9 Å². The van der Waals surface area contributed by atoms with Crippen LogP contribution in [-0.4, -0.2) is 25.4 Å². The molecule has 0 aliphatic carbocycles. The van der Waals surface area contributed by atoms with E-state index < -0.39 is 0 Å². The third kappa shape index (κ3) is 3.93. The third-order valence-electron chi connectivity index (χ3n) is 5.59. The maximum atomic E-state index is 13.2. The normalized spacial score (nSPS) is 11.3. The van der Waals surface area contributed by atoms with E-state index in [0.29, 0.717) is 17.9 Å². The molecule has 33 heavy (non-hydrogen) atoms. The Morgan fingerprint density at radius 2 is 1.94 bits per heavy atom. The minimum Gasteiger partial charge on any atom is -0.361 e. The molecule has 5 rings (SSSR count). The number of hydrogen-bond acceptors (Lipinski definition) is 6. The first kappa shape index (κ1) is 21.1. The Hall–Kier alpha value is -3.78. The Balaban J connectivity index is 1.60. The number of aromatic nitrogens is 4. The summed E-state index contributed by atoms with van der Waals surface area (Å²) in [6.07, 6.45) is 5.47. The van der Waals surface area contributed by atoms with E-state index in [1.165, 1.54) is 4.88 Å². The summed E-state index contributed by atoms with van der Waals surface area (Å²) in [6.45, 7) is 8.17. The van der Waals surface area contributed by atoms with Crippen LogP contribution in [-0.2, 0) is 6.54 Å². The van der Waals surface area contributed by atoms with E-state index in [9.17, 15) is 4.79 Å². The fourth-order valence-corrected chi connectivity index (χ4v) is 4.78. The average molecular weight is 458 g/mol. The summed E-state index contributed by atoms with van der Waals surface area (Å²) in [6, 6.07) is 9.93. The topological polar surface area (TPSA) is 85.3 Å². The number of fused-ring (bicyclic) bond motifs is 1. The predicted octanol–water partition coefficient (Wildman–Crippen LogP) is 5.28. The van der Waals surface area contributed by atoms with E-state index in [0.717, 1.165) is 44.3 Å². The molecule has 8 heteroatoms. The van der Waals surface area contributed by atoms with Crippen LogP contribution in [0.5, 0.6) is 0 Å². The van der Waals surface area contributed by atoms with Gasteiger partial charge in [0.25, 0.3) is 5.91 Å². The lowest BCUT2D eigenvalue weighted by atomic mass is 10.0. The fourth-order valence-electron chi connectivity index (χ4n) is 3.90. The molecule has 0 saturated heterocycles. The van der Waals surface area contributed by atoms with E-state index in [1.807, 2.05) is 55.8 Å². The first-order valence-electron chi connectivity index (χ1n) is 10.6. The third-order valence-corrected chi connectivity index (χ3v) is 6.61. The van der Waals surface area contributed by atoms with Crippen molar-refractivity contribution in [3.05, 3.63) is 82.1 Å². The smallest absolute Gasteiger partial charge is 0.253 e. The van der Waals surface area contributed by atoms with Gasteiger partial charge in [0, 0.05) is 35.1 Å². The lowest BCUT2D eigenvalue weighted by Crippen LogP contribution is -2.23. The van der Waals surface area contributed by atoms with Crippen LogP contribution in [0.25, 0.3) is 27.3 Å². The summed E-state index contributed by atoms with van der Waals surface area (Å²) in [4.78, 5) is 24.5. The number of imidazole rings is 1. The van der Waals surface area contributed by atoms with Gasteiger partial charge in [-0.1, -0.05) is 11.2 Å². The minimum absolute atomic E-state index is 0.174. The first-order chi connectivity index (χ1) is 15.9. The van der Waals surface area contributed by atoms with Crippen molar-refractivity contribution in [2.24, 2.45) is 0 Å². The summed E-state index contributed by atoms with van der Waals surface area (Å²) >= 11 is 1.69. The van der Waals surface area contributed by atoms with Crippen molar-refractivity contribution in [1.29, 1.82) is 0 Å². The average Bonchev–Trinajstić information content (AvgIpc) is 3.51. The van der Waals surface area contributed by atoms with E-state index in [1.54, 1.807) is 17.5 Å². The van der Waals surface area contributed by atoms with Gasteiger partial charge in [0.2, 0.25) is 0 Å². The predicted molar refractivity (Wildman–Crippen MR) is 128 cm³/mol. The van der Waals surface area contributed by atoms with Gasteiger partial charge >= 0.3 is 0 Å². The highest BCUT2D eigenvalue weighted by Crippen LogP contribution is 2.35. The lowest BCUT2D eigenvalue weighted by molar-refractivity contribution is 0.0950. The first-order valence-corrected chi connectivity index (χ1v) is 11.4. The molecule has 0 aliphatic heterocycles. The van der Waals surface area contributed by atoms with Crippen molar-refractivity contribution in [2.45, 2.75) is 34.2 Å². The van der Waals surface area contributed by atoms with Gasteiger partial charge in [0.15, 0.2) is 0 Å². The number of rotatable bonds is 5. The van der Waals surface area contributed by atoms with Crippen LogP contribution in [0.3, 0.4) is 0 Å². The van der Waals surface area contributed by atoms with E-state index in [-0.39, 0.29) is 5.91 Å². The zero-order valence-corrected chi connectivity index (χ0v) is 19.7. The molecule has 0 unspecified atom stereocenters. The molecule has 0 aliphatic rings. The second-order valence-corrected chi connectivity index (χ2v) is 9.37. The summed E-state index contributed by atoms with van der Waals surface area (Å²) < 4.78 is 7.40. The molecule has 5 aromatic rings. The summed E-state index contributed by atoms with van der Waals surface area (Å²) in [7, 11) is 0.